The summed E-state index contributed by atoms with van der Waals surface area (Å²) in [5.74, 6) is 0.375. The number of pyridine rings is 1. The molecular formula is C11H8N6OS2. The Morgan fingerprint density at radius 3 is 2.90 bits per heavy atom. The van der Waals surface area contributed by atoms with Crippen molar-refractivity contribution in [2.75, 3.05) is 5.32 Å². The van der Waals surface area contributed by atoms with Crippen molar-refractivity contribution in [2.45, 2.75) is 0 Å². The van der Waals surface area contributed by atoms with Gasteiger partial charge in [-0.1, -0.05) is 12.8 Å². The summed E-state index contributed by atoms with van der Waals surface area (Å²) in [4.78, 5) is 29.0. The number of nitrogens with one attached hydrogen (secondary N) is 2. The second-order valence-corrected chi connectivity index (χ2v) is 4.84. The molecule has 0 aliphatic rings. The maximum absolute atomic E-state index is 11.2. The first-order valence-corrected chi connectivity index (χ1v) is 6.83. The van der Waals surface area contributed by atoms with Crippen molar-refractivity contribution >= 4 is 47.2 Å². The van der Waals surface area contributed by atoms with Crippen LogP contribution in [0.2, 0.25) is 0 Å². The van der Waals surface area contributed by atoms with E-state index in [1.807, 2.05) is 0 Å². The maximum atomic E-state index is 11.2. The van der Waals surface area contributed by atoms with Gasteiger partial charge in [-0.3, -0.25) is 20.0 Å². The molecule has 3 aromatic rings. The number of hydrogen-bond acceptors (Lipinski definition) is 7. The Labute approximate surface area is 123 Å². The molecule has 2 amide bonds. The molecule has 0 aliphatic heterocycles. The summed E-state index contributed by atoms with van der Waals surface area (Å²) in [6, 6.07) is 2.92. The molecule has 9 heteroatoms. The Kier molecular flexibility index (Phi) is 3.44. The molecule has 7 nitrogen and oxygen atoms in total. The molecule has 100 valence electrons. The van der Waals surface area contributed by atoms with Crippen molar-refractivity contribution in [1.29, 1.82) is 0 Å². The lowest BCUT2D eigenvalue weighted by molar-refractivity contribution is 0.257. The SMILES string of the molecule is O=C(NS)Nc1ccc2ncc(-c3cncs3)nc2n1. The third-order valence-electron chi connectivity index (χ3n) is 2.43. The molecule has 20 heavy (non-hydrogen) atoms. The van der Waals surface area contributed by atoms with Crippen LogP contribution in [0.15, 0.2) is 30.0 Å². The van der Waals surface area contributed by atoms with Gasteiger partial charge < -0.3 is 0 Å². The minimum atomic E-state index is -0.466. The molecule has 3 heterocycles. The Balaban J connectivity index is 2.01. The van der Waals surface area contributed by atoms with Gasteiger partial charge in [0, 0.05) is 6.20 Å². The topological polar surface area (TPSA) is 92.7 Å². The van der Waals surface area contributed by atoms with Crippen molar-refractivity contribution in [3.05, 3.63) is 30.0 Å². The first-order chi connectivity index (χ1) is 9.76. The number of thiazole rings is 1. The lowest BCUT2D eigenvalue weighted by Crippen LogP contribution is -2.21. The summed E-state index contributed by atoms with van der Waals surface area (Å²) in [7, 11) is 0. The summed E-state index contributed by atoms with van der Waals surface area (Å²) in [6.07, 6.45) is 3.39. The summed E-state index contributed by atoms with van der Waals surface area (Å²) < 4.78 is 2.16. The van der Waals surface area contributed by atoms with Gasteiger partial charge in [-0.15, -0.1) is 11.3 Å². The highest BCUT2D eigenvalue weighted by atomic mass is 32.1. The van der Waals surface area contributed by atoms with Crippen LogP contribution in [0, 0.1) is 0 Å². The molecule has 2 N–H and O–H groups in total. The van der Waals surface area contributed by atoms with E-state index in [1.54, 1.807) is 30.0 Å². The minimum absolute atomic E-state index is 0.375. The summed E-state index contributed by atoms with van der Waals surface area (Å²) in [5, 5.41) is 2.52. The zero-order chi connectivity index (χ0) is 13.9. The van der Waals surface area contributed by atoms with Crippen LogP contribution < -0.4 is 10.0 Å². The highest BCUT2D eigenvalue weighted by Gasteiger charge is 2.07. The first kappa shape index (κ1) is 12.8. The second-order valence-electron chi connectivity index (χ2n) is 3.73. The maximum Gasteiger partial charge on any atom is 0.330 e. The molecule has 3 aromatic heterocycles. The molecule has 3 rings (SSSR count). The standard InChI is InChI=1S/C11H8N6OS2/c18-11(17-19)16-9-2-1-6-10(15-9)14-7(3-13-6)8-4-12-5-20-8/h1-5,19H,(H2,14,15,16,17,18). The van der Waals surface area contributed by atoms with Gasteiger partial charge in [-0.2, -0.15) is 0 Å². The van der Waals surface area contributed by atoms with E-state index in [0.717, 1.165) is 4.88 Å². The number of fused-ring (bicyclic) bond motifs is 1. The van der Waals surface area contributed by atoms with E-state index in [9.17, 15) is 4.79 Å². The number of carbonyl (C=O) groups excluding carboxylic acids is 1. The van der Waals surface area contributed by atoms with E-state index in [-0.39, 0.29) is 0 Å². The van der Waals surface area contributed by atoms with Crippen molar-refractivity contribution in [3.8, 4) is 10.6 Å². The third kappa shape index (κ3) is 2.53. The van der Waals surface area contributed by atoms with Crippen LogP contribution in [0.1, 0.15) is 0 Å². The van der Waals surface area contributed by atoms with Crippen LogP contribution in [-0.2, 0) is 0 Å². The number of hydrogen-bond donors (Lipinski definition) is 3. The molecule has 0 atom stereocenters. The number of nitrogens with zero attached hydrogens (tertiary/aromatic N) is 4. The number of aromatic nitrogens is 4. The monoisotopic (exact) mass is 304 g/mol. The first-order valence-electron chi connectivity index (χ1n) is 5.50. The molecule has 0 fully saturated rings. The van der Waals surface area contributed by atoms with Crippen LogP contribution in [0.25, 0.3) is 21.7 Å². The molecule has 0 saturated heterocycles. The number of urea groups is 1. The average Bonchev–Trinajstić information content (AvgIpc) is 3.00. The van der Waals surface area contributed by atoms with Gasteiger partial charge in [0.2, 0.25) is 0 Å². The third-order valence-corrected chi connectivity index (χ3v) is 3.43. The molecule has 0 bridgehead atoms. The zero-order valence-corrected chi connectivity index (χ0v) is 11.7. The molecule has 0 aliphatic carbocycles. The van der Waals surface area contributed by atoms with Crippen molar-refractivity contribution in [1.82, 2.24) is 24.7 Å². The van der Waals surface area contributed by atoms with Gasteiger partial charge in [0.15, 0.2) is 5.65 Å². The molecular weight excluding hydrogens is 296 g/mol. The molecule has 0 aromatic carbocycles. The Bertz CT molecular complexity index is 761. The van der Waals surface area contributed by atoms with Gasteiger partial charge in [-0.05, 0) is 12.1 Å². The summed E-state index contributed by atoms with van der Waals surface area (Å²) in [5.41, 5.74) is 3.52. The van der Waals surface area contributed by atoms with Crippen LogP contribution >= 0.6 is 24.2 Å². The number of anilines is 1. The van der Waals surface area contributed by atoms with E-state index in [1.165, 1.54) is 11.3 Å². The number of rotatable bonds is 2. The quantitative estimate of drug-likeness (QED) is 0.631. The molecule has 0 radical (unpaired) electrons. The predicted molar refractivity (Wildman–Crippen MR) is 79.6 cm³/mol. The summed E-state index contributed by atoms with van der Waals surface area (Å²) in [6.45, 7) is 0. The number of amides is 2. The van der Waals surface area contributed by atoms with Crippen LogP contribution in [-0.4, -0.2) is 26.0 Å². The Morgan fingerprint density at radius 1 is 1.25 bits per heavy atom. The average molecular weight is 304 g/mol. The summed E-state index contributed by atoms with van der Waals surface area (Å²) >= 11 is 5.12. The Hall–Kier alpha value is -2.26. The Morgan fingerprint density at radius 2 is 2.15 bits per heavy atom. The highest BCUT2D eigenvalue weighted by Crippen LogP contribution is 2.22. The van der Waals surface area contributed by atoms with Crippen molar-refractivity contribution in [3.63, 3.8) is 0 Å². The van der Waals surface area contributed by atoms with Gasteiger partial charge in [0.1, 0.15) is 17.0 Å². The fraction of sp³-hybridized carbons (Fsp3) is 0. The fourth-order valence-corrected chi connectivity index (χ4v) is 2.20. The van der Waals surface area contributed by atoms with E-state index < -0.39 is 6.03 Å². The predicted octanol–water partition coefficient (Wildman–Crippen LogP) is 2.11. The molecule has 0 spiro atoms. The highest BCUT2D eigenvalue weighted by molar-refractivity contribution is 7.78. The van der Waals surface area contributed by atoms with Crippen LogP contribution in [0.3, 0.4) is 0 Å². The van der Waals surface area contributed by atoms with E-state index in [2.05, 4.69) is 42.8 Å². The number of carbonyl (C=O) groups is 1. The zero-order valence-electron chi connectivity index (χ0n) is 9.94. The van der Waals surface area contributed by atoms with Gasteiger partial charge >= 0.3 is 6.03 Å². The molecule has 0 saturated carbocycles. The normalized spacial score (nSPS) is 10.4. The fourth-order valence-electron chi connectivity index (χ4n) is 1.57. The van der Waals surface area contributed by atoms with E-state index in [4.69, 9.17) is 0 Å². The van der Waals surface area contributed by atoms with Crippen LogP contribution in [0.4, 0.5) is 10.6 Å². The minimum Gasteiger partial charge on any atom is -0.292 e. The van der Waals surface area contributed by atoms with E-state index >= 15 is 0 Å². The largest absolute Gasteiger partial charge is 0.330 e. The second kappa shape index (κ2) is 5.39. The van der Waals surface area contributed by atoms with Crippen LogP contribution in [0.5, 0.6) is 0 Å². The lowest BCUT2D eigenvalue weighted by Gasteiger charge is -2.04. The molecule has 0 unspecified atom stereocenters. The van der Waals surface area contributed by atoms with E-state index in [0.29, 0.717) is 22.7 Å². The lowest BCUT2D eigenvalue weighted by atomic mass is 10.3. The van der Waals surface area contributed by atoms with Crippen molar-refractivity contribution < 1.29 is 4.79 Å². The smallest absolute Gasteiger partial charge is 0.292 e. The van der Waals surface area contributed by atoms with Crippen molar-refractivity contribution in [2.24, 2.45) is 0 Å². The van der Waals surface area contributed by atoms with Gasteiger partial charge in [0.05, 0.1) is 16.6 Å². The van der Waals surface area contributed by atoms with Gasteiger partial charge in [-0.25, -0.2) is 14.8 Å². The number of thiol groups is 1. The van der Waals surface area contributed by atoms with Gasteiger partial charge in [0.25, 0.3) is 0 Å².